The molecule has 1 aromatic heterocycles. The van der Waals surface area contributed by atoms with E-state index in [0.29, 0.717) is 24.1 Å². The van der Waals surface area contributed by atoms with E-state index < -0.39 is 11.9 Å². The first-order valence-electron chi connectivity index (χ1n) is 11.7. The summed E-state index contributed by atoms with van der Waals surface area (Å²) in [7, 11) is 0. The van der Waals surface area contributed by atoms with E-state index in [4.69, 9.17) is 0 Å². The second-order valence-corrected chi connectivity index (χ2v) is 8.63. The van der Waals surface area contributed by atoms with Gasteiger partial charge in [0.05, 0.1) is 11.7 Å². The van der Waals surface area contributed by atoms with Gasteiger partial charge < -0.3 is 10.2 Å². The zero-order chi connectivity index (χ0) is 24.2. The van der Waals surface area contributed by atoms with Crippen molar-refractivity contribution in [2.24, 2.45) is 0 Å². The van der Waals surface area contributed by atoms with Crippen LogP contribution in [0, 0.1) is 11.6 Å². The zero-order valence-electron chi connectivity index (χ0n) is 19.1. The highest BCUT2D eigenvalue weighted by Crippen LogP contribution is 2.36. The highest BCUT2D eigenvalue weighted by molar-refractivity contribution is 5.87. The molecular formula is C29H25F2N3O. The Morgan fingerprint density at radius 1 is 0.886 bits per heavy atom. The molecule has 1 aliphatic rings. The predicted molar refractivity (Wildman–Crippen MR) is 133 cm³/mol. The molecule has 0 spiro atoms. The molecule has 2 atom stereocenters. The third-order valence-electron chi connectivity index (χ3n) is 6.46. The molecule has 0 saturated carbocycles. The Bertz CT molecular complexity index is 1310. The fourth-order valence-corrected chi connectivity index (χ4v) is 4.69. The number of anilines is 1. The Hall–Kier alpha value is -4.06. The molecule has 5 rings (SSSR count). The second kappa shape index (κ2) is 10.1. The summed E-state index contributed by atoms with van der Waals surface area (Å²) < 4.78 is 29.1. The highest BCUT2D eigenvalue weighted by Gasteiger charge is 2.36. The lowest BCUT2D eigenvalue weighted by molar-refractivity contribution is -0.133. The van der Waals surface area contributed by atoms with Gasteiger partial charge in [0.25, 0.3) is 0 Å². The maximum Gasteiger partial charge on any atom is 0.250 e. The first-order valence-corrected chi connectivity index (χ1v) is 11.7. The van der Waals surface area contributed by atoms with Crippen molar-refractivity contribution < 1.29 is 13.6 Å². The minimum atomic E-state index is -0.831. The Labute approximate surface area is 203 Å². The van der Waals surface area contributed by atoms with Gasteiger partial charge in [-0.2, -0.15) is 0 Å². The maximum atomic E-state index is 14.6. The molecule has 1 N–H and O–H groups in total. The summed E-state index contributed by atoms with van der Waals surface area (Å²) in [4.78, 5) is 19.8. The molecule has 0 bridgehead atoms. The van der Waals surface area contributed by atoms with E-state index in [0.717, 1.165) is 17.5 Å². The fraction of sp³-hybridized carbons (Fsp3) is 0.172. The summed E-state index contributed by atoms with van der Waals surface area (Å²) in [5.41, 5.74) is 3.37. The molecule has 2 unspecified atom stereocenters. The van der Waals surface area contributed by atoms with E-state index in [2.05, 4.69) is 10.3 Å². The van der Waals surface area contributed by atoms with E-state index in [9.17, 15) is 13.6 Å². The molecule has 1 saturated heterocycles. The summed E-state index contributed by atoms with van der Waals surface area (Å²) in [5.74, 6) is -0.978. The SMILES string of the molecule is O=C(C(Nc1ccccc1F)c1ccc(-c2cccnc2)cc1)N1CCCC1c1ccccc1F. The molecule has 1 aliphatic heterocycles. The molecule has 1 amide bonds. The van der Waals surface area contributed by atoms with Crippen molar-refractivity contribution in [2.45, 2.75) is 24.9 Å². The van der Waals surface area contributed by atoms with Crippen molar-refractivity contribution in [1.82, 2.24) is 9.88 Å². The molecule has 6 heteroatoms. The largest absolute Gasteiger partial charge is 0.368 e. The molecule has 1 fully saturated rings. The molecule has 0 radical (unpaired) electrons. The van der Waals surface area contributed by atoms with Gasteiger partial charge in [-0.05, 0) is 53.8 Å². The number of nitrogens with one attached hydrogen (secondary N) is 1. The minimum Gasteiger partial charge on any atom is -0.368 e. The van der Waals surface area contributed by atoms with Crippen LogP contribution in [0.2, 0.25) is 0 Å². The first-order chi connectivity index (χ1) is 17.1. The van der Waals surface area contributed by atoms with Gasteiger partial charge in [-0.15, -0.1) is 0 Å². The topological polar surface area (TPSA) is 45.2 Å². The number of para-hydroxylation sites is 1. The van der Waals surface area contributed by atoms with Crippen LogP contribution in [0.1, 0.15) is 36.1 Å². The van der Waals surface area contributed by atoms with Gasteiger partial charge in [-0.3, -0.25) is 9.78 Å². The van der Waals surface area contributed by atoms with Crippen molar-refractivity contribution in [3.63, 3.8) is 0 Å². The van der Waals surface area contributed by atoms with Crippen molar-refractivity contribution in [3.05, 3.63) is 120 Å². The molecular weight excluding hydrogens is 444 g/mol. The number of likely N-dealkylation sites (tertiary alicyclic amines) is 1. The van der Waals surface area contributed by atoms with Gasteiger partial charge in [-0.25, -0.2) is 8.78 Å². The van der Waals surface area contributed by atoms with E-state index in [1.165, 1.54) is 12.1 Å². The van der Waals surface area contributed by atoms with E-state index in [-0.39, 0.29) is 23.5 Å². The van der Waals surface area contributed by atoms with E-state index in [1.807, 2.05) is 36.4 Å². The third kappa shape index (κ3) is 4.78. The van der Waals surface area contributed by atoms with Gasteiger partial charge >= 0.3 is 0 Å². The lowest BCUT2D eigenvalue weighted by Crippen LogP contribution is -2.38. The third-order valence-corrected chi connectivity index (χ3v) is 6.46. The van der Waals surface area contributed by atoms with Gasteiger partial charge in [0.15, 0.2) is 0 Å². The van der Waals surface area contributed by atoms with Gasteiger partial charge in [0.1, 0.15) is 17.7 Å². The zero-order valence-corrected chi connectivity index (χ0v) is 19.1. The van der Waals surface area contributed by atoms with Gasteiger partial charge in [0.2, 0.25) is 5.91 Å². The minimum absolute atomic E-state index is 0.215. The summed E-state index contributed by atoms with van der Waals surface area (Å²) in [6.45, 7) is 0.515. The second-order valence-electron chi connectivity index (χ2n) is 8.63. The number of rotatable bonds is 6. The van der Waals surface area contributed by atoms with Crippen LogP contribution >= 0.6 is 0 Å². The maximum absolute atomic E-state index is 14.6. The fourth-order valence-electron chi connectivity index (χ4n) is 4.69. The van der Waals surface area contributed by atoms with Crippen LogP contribution in [0.3, 0.4) is 0 Å². The summed E-state index contributed by atoms with van der Waals surface area (Å²) in [6.07, 6.45) is 4.95. The highest BCUT2D eigenvalue weighted by atomic mass is 19.1. The number of hydrogen-bond acceptors (Lipinski definition) is 3. The van der Waals surface area contributed by atoms with E-state index >= 15 is 0 Å². The Balaban J connectivity index is 1.49. The number of amides is 1. The van der Waals surface area contributed by atoms with Gasteiger partial charge in [0, 0.05) is 24.5 Å². The Morgan fingerprint density at radius 3 is 2.34 bits per heavy atom. The molecule has 176 valence electrons. The smallest absolute Gasteiger partial charge is 0.250 e. The molecule has 0 aliphatic carbocycles. The first kappa shape index (κ1) is 22.7. The average molecular weight is 470 g/mol. The number of carbonyl (C=O) groups is 1. The van der Waals surface area contributed by atoms with Crippen molar-refractivity contribution in [3.8, 4) is 11.1 Å². The lowest BCUT2D eigenvalue weighted by Gasteiger charge is -2.30. The van der Waals surface area contributed by atoms with Crippen LogP contribution in [-0.2, 0) is 4.79 Å². The van der Waals surface area contributed by atoms with E-state index in [1.54, 1.807) is 53.7 Å². The van der Waals surface area contributed by atoms with Crippen molar-refractivity contribution >= 4 is 11.6 Å². The molecule has 2 heterocycles. The van der Waals surface area contributed by atoms with Gasteiger partial charge in [-0.1, -0.05) is 60.7 Å². The number of carbonyl (C=O) groups excluding carboxylic acids is 1. The van der Waals surface area contributed by atoms with Crippen LogP contribution in [0.5, 0.6) is 0 Å². The summed E-state index contributed by atoms with van der Waals surface area (Å²) >= 11 is 0. The number of halogens is 2. The van der Waals surface area contributed by atoms with Crippen molar-refractivity contribution in [1.29, 1.82) is 0 Å². The summed E-state index contributed by atoms with van der Waals surface area (Å²) in [6, 6.07) is 23.1. The number of aromatic nitrogens is 1. The quantitative estimate of drug-likeness (QED) is 0.349. The number of hydrogen-bond donors (Lipinski definition) is 1. The number of benzene rings is 3. The monoisotopic (exact) mass is 469 g/mol. The number of nitrogens with zero attached hydrogens (tertiary/aromatic N) is 2. The molecule has 3 aromatic carbocycles. The van der Waals surface area contributed by atoms with Crippen molar-refractivity contribution in [2.75, 3.05) is 11.9 Å². The van der Waals surface area contributed by atoms with Crippen LogP contribution < -0.4 is 5.32 Å². The van der Waals surface area contributed by atoms with Crippen LogP contribution in [-0.4, -0.2) is 22.3 Å². The van der Waals surface area contributed by atoms with Crippen LogP contribution in [0.15, 0.2) is 97.3 Å². The normalized spacial score (nSPS) is 16.2. The summed E-state index contributed by atoms with van der Waals surface area (Å²) in [5, 5.41) is 3.11. The molecule has 4 nitrogen and oxygen atoms in total. The van der Waals surface area contributed by atoms with Crippen LogP contribution in [0.25, 0.3) is 11.1 Å². The number of pyridine rings is 1. The Morgan fingerprint density at radius 2 is 1.63 bits per heavy atom. The predicted octanol–water partition coefficient (Wildman–Crippen LogP) is 6.54. The average Bonchev–Trinajstić information content (AvgIpc) is 3.39. The lowest BCUT2D eigenvalue weighted by atomic mass is 9.99. The Kier molecular flexibility index (Phi) is 6.53. The van der Waals surface area contributed by atoms with Crippen LogP contribution in [0.4, 0.5) is 14.5 Å². The molecule has 4 aromatic rings. The standard InChI is InChI=1S/C29H25F2N3O/c30-24-9-2-1-8-23(24)27-12-6-18-34(27)29(35)28(33-26-11-4-3-10-25(26)31)21-15-13-20(14-16-21)22-7-5-17-32-19-22/h1-5,7-11,13-17,19,27-28,33H,6,12,18H2. The molecule has 35 heavy (non-hydrogen) atoms.